The number of imide groups is 1. The maximum atomic E-state index is 12.9. The lowest BCUT2D eigenvalue weighted by atomic mass is 10.1. The Morgan fingerprint density at radius 2 is 1.85 bits per heavy atom. The minimum Gasteiger partial charge on any atom is -0.490 e. The van der Waals surface area contributed by atoms with Gasteiger partial charge in [-0.05, 0) is 66.9 Å². The van der Waals surface area contributed by atoms with E-state index in [1.54, 1.807) is 29.2 Å². The van der Waals surface area contributed by atoms with Gasteiger partial charge in [0.2, 0.25) is 0 Å². The standard InChI is InChI=1S/C25H25BrN2O5S/c1-2-32-21-13-17(9-10-20(21)33-16-23(29)27-11-5-6-12-27)14-22-24(30)28(25(31)34-22)15-18-7-3-4-8-19(18)26/h3-4,7-10,13-14H,2,5-6,11-12,15-16H2,1H3/b22-14-. The third kappa shape index (κ3) is 5.64. The summed E-state index contributed by atoms with van der Waals surface area (Å²) < 4.78 is 12.3. The van der Waals surface area contributed by atoms with Crippen LogP contribution in [0.2, 0.25) is 0 Å². The molecule has 2 fully saturated rings. The molecule has 0 radical (unpaired) electrons. The molecule has 34 heavy (non-hydrogen) atoms. The molecule has 9 heteroatoms. The Kier molecular flexibility index (Phi) is 7.95. The van der Waals surface area contributed by atoms with Gasteiger partial charge in [0.25, 0.3) is 17.1 Å². The average Bonchev–Trinajstić information content (AvgIpc) is 3.45. The zero-order chi connectivity index (χ0) is 24.1. The average molecular weight is 545 g/mol. The lowest BCUT2D eigenvalue weighted by Gasteiger charge is -2.17. The molecule has 0 bridgehead atoms. The van der Waals surface area contributed by atoms with Crippen molar-refractivity contribution in [3.05, 3.63) is 63.0 Å². The smallest absolute Gasteiger partial charge is 0.293 e. The van der Waals surface area contributed by atoms with E-state index in [1.807, 2.05) is 31.2 Å². The molecule has 0 saturated carbocycles. The van der Waals surface area contributed by atoms with E-state index in [0.717, 1.165) is 47.7 Å². The van der Waals surface area contributed by atoms with Crippen LogP contribution in [0.25, 0.3) is 6.08 Å². The summed E-state index contributed by atoms with van der Waals surface area (Å²) in [6, 6.07) is 12.8. The van der Waals surface area contributed by atoms with Crippen LogP contribution in [0.4, 0.5) is 4.79 Å². The van der Waals surface area contributed by atoms with Crippen molar-refractivity contribution >= 4 is 50.8 Å². The molecule has 2 saturated heterocycles. The highest BCUT2D eigenvalue weighted by atomic mass is 79.9. The van der Waals surface area contributed by atoms with E-state index in [-0.39, 0.29) is 30.2 Å². The van der Waals surface area contributed by atoms with Crippen LogP contribution in [0.15, 0.2) is 51.8 Å². The van der Waals surface area contributed by atoms with Crippen LogP contribution in [-0.2, 0) is 16.1 Å². The second-order valence-electron chi connectivity index (χ2n) is 7.88. The Bertz CT molecular complexity index is 1130. The fourth-order valence-corrected chi connectivity index (χ4v) is 5.03. The monoisotopic (exact) mass is 544 g/mol. The molecule has 2 aromatic carbocycles. The highest BCUT2D eigenvalue weighted by Gasteiger charge is 2.35. The highest BCUT2D eigenvalue weighted by Crippen LogP contribution is 2.36. The van der Waals surface area contributed by atoms with Gasteiger partial charge in [-0.1, -0.05) is 40.2 Å². The molecule has 3 amide bonds. The molecule has 0 aliphatic carbocycles. The normalized spacial score (nSPS) is 17.1. The third-order valence-electron chi connectivity index (χ3n) is 5.54. The van der Waals surface area contributed by atoms with Crippen molar-refractivity contribution in [3.8, 4) is 11.5 Å². The molecule has 0 aromatic heterocycles. The van der Waals surface area contributed by atoms with Gasteiger partial charge in [-0.3, -0.25) is 19.3 Å². The molecule has 2 aliphatic heterocycles. The van der Waals surface area contributed by atoms with Gasteiger partial charge in [-0.25, -0.2) is 0 Å². The number of halogens is 1. The van der Waals surface area contributed by atoms with Crippen LogP contribution < -0.4 is 9.47 Å². The number of likely N-dealkylation sites (tertiary alicyclic amines) is 1. The predicted molar refractivity (Wildman–Crippen MR) is 135 cm³/mol. The molecule has 0 atom stereocenters. The largest absolute Gasteiger partial charge is 0.490 e. The van der Waals surface area contributed by atoms with Crippen LogP contribution in [0, 0.1) is 0 Å². The van der Waals surface area contributed by atoms with Gasteiger partial charge in [-0.15, -0.1) is 0 Å². The van der Waals surface area contributed by atoms with Gasteiger partial charge in [-0.2, -0.15) is 0 Å². The summed E-state index contributed by atoms with van der Waals surface area (Å²) >= 11 is 4.38. The van der Waals surface area contributed by atoms with Crippen LogP contribution in [0.3, 0.4) is 0 Å². The zero-order valence-electron chi connectivity index (χ0n) is 18.8. The third-order valence-corrected chi connectivity index (χ3v) is 7.22. The van der Waals surface area contributed by atoms with Crippen molar-refractivity contribution in [3.63, 3.8) is 0 Å². The first kappa shape index (κ1) is 24.3. The predicted octanol–water partition coefficient (Wildman–Crippen LogP) is 5.09. The second-order valence-corrected chi connectivity index (χ2v) is 9.72. The number of hydrogen-bond acceptors (Lipinski definition) is 6. The summed E-state index contributed by atoms with van der Waals surface area (Å²) in [5.74, 6) is 0.578. The number of amides is 3. The molecular weight excluding hydrogens is 520 g/mol. The summed E-state index contributed by atoms with van der Waals surface area (Å²) in [5.41, 5.74) is 1.56. The molecule has 2 aliphatic rings. The topological polar surface area (TPSA) is 76.1 Å². The van der Waals surface area contributed by atoms with E-state index in [2.05, 4.69) is 15.9 Å². The Labute approximate surface area is 211 Å². The van der Waals surface area contributed by atoms with Crippen LogP contribution in [0.5, 0.6) is 11.5 Å². The summed E-state index contributed by atoms with van der Waals surface area (Å²) in [7, 11) is 0. The Hall–Kier alpha value is -2.78. The number of carbonyl (C=O) groups excluding carboxylic acids is 3. The number of hydrogen-bond donors (Lipinski definition) is 0. The number of nitrogens with zero attached hydrogens (tertiary/aromatic N) is 2. The zero-order valence-corrected chi connectivity index (χ0v) is 21.2. The van der Waals surface area contributed by atoms with E-state index in [9.17, 15) is 14.4 Å². The van der Waals surface area contributed by atoms with Gasteiger partial charge in [0.1, 0.15) is 0 Å². The number of ether oxygens (including phenoxy) is 2. The first-order valence-corrected chi connectivity index (χ1v) is 12.7. The maximum Gasteiger partial charge on any atom is 0.293 e. The first-order chi connectivity index (χ1) is 16.5. The van der Waals surface area contributed by atoms with E-state index in [1.165, 1.54) is 4.90 Å². The van der Waals surface area contributed by atoms with Gasteiger partial charge in [0.05, 0.1) is 18.1 Å². The van der Waals surface area contributed by atoms with E-state index < -0.39 is 0 Å². The highest BCUT2D eigenvalue weighted by molar-refractivity contribution is 9.10. The fraction of sp³-hybridized carbons (Fsp3) is 0.320. The molecule has 0 unspecified atom stereocenters. The fourth-order valence-electron chi connectivity index (χ4n) is 3.78. The van der Waals surface area contributed by atoms with Gasteiger partial charge in [0.15, 0.2) is 18.1 Å². The number of carbonyl (C=O) groups is 3. The second kappa shape index (κ2) is 11.1. The van der Waals surface area contributed by atoms with Crippen molar-refractivity contribution in [2.24, 2.45) is 0 Å². The first-order valence-electron chi connectivity index (χ1n) is 11.1. The Morgan fingerprint density at radius 3 is 2.59 bits per heavy atom. The number of benzene rings is 2. The lowest BCUT2D eigenvalue weighted by Crippen LogP contribution is -2.32. The van der Waals surface area contributed by atoms with Gasteiger partial charge >= 0.3 is 0 Å². The number of rotatable bonds is 8. The molecule has 2 aromatic rings. The minimum absolute atomic E-state index is 0.0391. The minimum atomic E-state index is -0.333. The molecule has 4 rings (SSSR count). The summed E-state index contributed by atoms with van der Waals surface area (Å²) in [5, 5.41) is -0.308. The quantitative estimate of drug-likeness (QED) is 0.431. The van der Waals surface area contributed by atoms with Crippen molar-refractivity contribution in [2.45, 2.75) is 26.3 Å². The molecule has 0 spiro atoms. The lowest BCUT2D eigenvalue weighted by molar-refractivity contribution is -0.132. The maximum absolute atomic E-state index is 12.9. The Balaban J connectivity index is 1.47. The molecule has 2 heterocycles. The van der Waals surface area contributed by atoms with Crippen LogP contribution in [0.1, 0.15) is 30.9 Å². The van der Waals surface area contributed by atoms with Crippen LogP contribution >= 0.6 is 27.7 Å². The molecular formula is C25H25BrN2O5S. The van der Waals surface area contributed by atoms with Gasteiger partial charge < -0.3 is 14.4 Å². The summed E-state index contributed by atoms with van der Waals surface area (Å²) in [4.78, 5) is 41.1. The van der Waals surface area contributed by atoms with E-state index in [4.69, 9.17) is 9.47 Å². The number of thioether (sulfide) groups is 1. The molecule has 178 valence electrons. The molecule has 7 nitrogen and oxygen atoms in total. The Morgan fingerprint density at radius 1 is 1.09 bits per heavy atom. The van der Waals surface area contributed by atoms with Crippen LogP contribution in [-0.4, -0.2) is 53.2 Å². The van der Waals surface area contributed by atoms with Crippen molar-refractivity contribution < 1.29 is 23.9 Å². The van der Waals surface area contributed by atoms with Gasteiger partial charge in [0, 0.05) is 17.6 Å². The van der Waals surface area contributed by atoms with Crippen molar-refractivity contribution in [1.29, 1.82) is 0 Å². The van der Waals surface area contributed by atoms with E-state index in [0.29, 0.717) is 28.6 Å². The summed E-state index contributed by atoms with van der Waals surface area (Å²) in [6.07, 6.45) is 3.73. The summed E-state index contributed by atoms with van der Waals surface area (Å²) in [6.45, 7) is 3.98. The SMILES string of the molecule is CCOc1cc(/C=C2\SC(=O)N(Cc3ccccc3Br)C2=O)ccc1OCC(=O)N1CCCC1. The van der Waals surface area contributed by atoms with Crippen molar-refractivity contribution in [1.82, 2.24) is 9.80 Å². The van der Waals surface area contributed by atoms with E-state index >= 15 is 0 Å². The molecule has 0 N–H and O–H groups in total. The van der Waals surface area contributed by atoms with Crippen molar-refractivity contribution in [2.75, 3.05) is 26.3 Å².